The number of ether oxygens (including phenoxy) is 2. The first kappa shape index (κ1) is 17.4. The van der Waals surface area contributed by atoms with Gasteiger partial charge in [-0.05, 0) is 57.8 Å². The van der Waals surface area contributed by atoms with E-state index in [1.165, 1.54) is 25.7 Å². The molecule has 5 heterocycles. The van der Waals surface area contributed by atoms with Gasteiger partial charge in [0.1, 0.15) is 5.52 Å². The fourth-order valence-corrected chi connectivity index (χ4v) is 4.81. The van der Waals surface area contributed by atoms with Crippen molar-refractivity contribution in [3.63, 3.8) is 0 Å². The number of hydrogen-bond acceptors (Lipinski definition) is 6. The number of aromatic nitrogens is 4. The summed E-state index contributed by atoms with van der Waals surface area (Å²) in [5, 5.41) is 4.73. The summed E-state index contributed by atoms with van der Waals surface area (Å²) in [7, 11) is 0. The number of rotatable bonds is 2. The zero-order chi connectivity index (χ0) is 18.4. The normalized spacial score (nSPS) is 25.6. The van der Waals surface area contributed by atoms with Gasteiger partial charge in [-0.2, -0.15) is 5.10 Å². The van der Waals surface area contributed by atoms with Gasteiger partial charge in [-0.25, -0.2) is 14.6 Å². The van der Waals surface area contributed by atoms with Crippen molar-refractivity contribution < 1.29 is 9.47 Å². The van der Waals surface area contributed by atoms with Crippen molar-refractivity contribution >= 4 is 17.0 Å². The van der Waals surface area contributed by atoms with Crippen LogP contribution in [-0.2, 0) is 9.47 Å². The zero-order valence-corrected chi connectivity index (χ0v) is 16.4. The Kier molecular flexibility index (Phi) is 4.31. The number of nitrogens with zero attached hydrogens (tertiary/aromatic N) is 5. The largest absolute Gasteiger partial charge is 0.381 e. The second kappa shape index (κ2) is 6.71. The van der Waals surface area contributed by atoms with Crippen molar-refractivity contribution in [1.29, 1.82) is 0 Å². The second-order valence-corrected chi connectivity index (χ2v) is 8.45. The SMILES string of the molecule is Cc1nc2c(C)nn(C3CCCCO3)c2nc1N1CCC2(CCOC2)CC1. The van der Waals surface area contributed by atoms with Crippen LogP contribution in [0.25, 0.3) is 11.2 Å². The molecule has 0 aromatic carbocycles. The summed E-state index contributed by atoms with van der Waals surface area (Å²) >= 11 is 0. The van der Waals surface area contributed by atoms with Crippen molar-refractivity contribution in [2.45, 2.75) is 58.6 Å². The van der Waals surface area contributed by atoms with E-state index in [-0.39, 0.29) is 6.23 Å². The van der Waals surface area contributed by atoms with Crippen LogP contribution < -0.4 is 4.90 Å². The van der Waals surface area contributed by atoms with Gasteiger partial charge in [-0.1, -0.05) is 0 Å². The Labute approximate surface area is 160 Å². The molecule has 0 radical (unpaired) electrons. The molecule has 0 N–H and O–H groups in total. The maximum atomic E-state index is 5.97. The Bertz CT molecular complexity index is 826. The molecule has 2 aromatic heterocycles. The molecule has 2 aromatic rings. The van der Waals surface area contributed by atoms with Gasteiger partial charge in [-0.15, -0.1) is 0 Å². The Morgan fingerprint density at radius 2 is 1.85 bits per heavy atom. The molecule has 27 heavy (non-hydrogen) atoms. The summed E-state index contributed by atoms with van der Waals surface area (Å²) in [6.07, 6.45) is 6.84. The molecule has 1 unspecified atom stereocenters. The minimum atomic E-state index is -0.0138. The van der Waals surface area contributed by atoms with E-state index in [1.807, 2.05) is 11.6 Å². The predicted octanol–water partition coefficient (Wildman–Crippen LogP) is 3.15. The van der Waals surface area contributed by atoms with Crippen LogP contribution in [0.5, 0.6) is 0 Å². The third-order valence-corrected chi connectivity index (χ3v) is 6.58. The predicted molar refractivity (Wildman–Crippen MR) is 103 cm³/mol. The zero-order valence-electron chi connectivity index (χ0n) is 16.4. The molecule has 1 spiro atoms. The van der Waals surface area contributed by atoms with Crippen LogP contribution in [0.15, 0.2) is 0 Å². The highest BCUT2D eigenvalue weighted by molar-refractivity contribution is 5.76. The topological polar surface area (TPSA) is 65.3 Å². The number of anilines is 1. The molecule has 0 saturated carbocycles. The minimum absolute atomic E-state index is 0.0138. The van der Waals surface area contributed by atoms with E-state index in [0.29, 0.717) is 5.41 Å². The third-order valence-electron chi connectivity index (χ3n) is 6.58. The second-order valence-electron chi connectivity index (χ2n) is 8.45. The van der Waals surface area contributed by atoms with Crippen LogP contribution in [0, 0.1) is 19.3 Å². The number of fused-ring (bicyclic) bond motifs is 1. The summed E-state index contributed by atoms with van der Waals surface area (Å²) in [5.74, 6) is 1.01. The summed E-state index contributed by atoms with van der Waals surface area (Å²) in [6, 6.07) is 0. The van der Waals surface area contributed by atoms with Gasteiger partial charge in [0.05, 0.1) is 18.0 Å². The molecule has 146 valence electrons. The van der Waals surface area contributed by atoms with Crippen LogP contribution >= 0.6 is 0 Å². The van der Waals surface area contributed by atoms with E-state index in [0.717, 1.165) is 74.1 Å². The van der Waals surface area contributed by atoms with Crippen molar-refractivity contribution in [1.82, 2.24) is 19.7 Å². The summed E-state index contributed by atoms with van der Waals surface area (Å²) in [6.45, 7) is 8.78. The van der Waals surface area contributed by atoms with Crippen LogP contribution in [0.2, 0.25) is 0 Å². The Balaban J connectivity index is 1.47. The van der Waals surface area contributed by atoms with E-state index in [2.05, 4.69) is 11.8 Å². The lowest BCUT2D eigenvalue weighted by atomic mass is 9.78. The highest BCUT2D eigenvalue weighted by atomic mass is 16.5. The molecular formula is C20H29N5O2. The first-order valence-corrected chi connectivity index (χ1v) is 10.3. The van der Waals surface area contributed by atoms with E-state index in [1.54, 1.807) is 0 Å². The van der Waals surface area contributed by atoms with E-state index in [4.69, 9.17) is 24.5 Å². The molecule has 0 aliphatic carbocycles. The van der Waals surface area contributed by atoms with Crippen molar-refractivity contribution in [2.24, 2.45) is 5.41 Å². The lowest BCUT2D eigenvalue weighted by molar-refractivity contribution is -0.0371. The van der Waals surface area contributed by atoms with Gasteiger partial charge >= 0.3 is 0 Å². The Morgan fingerprint density at radius 1 is 1.00 bits per heavy atom. The third kappa shape index (κ3) is 3.01. The molecule has 5 rings (SSSR count). The summed E-state index contributed by atoms with van der Waals surface area (Å²) < 4.78 is 13.6. The van der Waals surface area contributed by atoms with E-state index >= 15 is 0 Å². The summed E-state index contributed by atoms with van der Waals surface area (Å²) in [4.78, 5) is 12.4. The molecule has 0 bridgehead atoms. The van der Waals surface area contributed by atoms with Crippen molar-refractivity contribution in [3.05, 3.63) is 11.4 Å². The van der Waals surface area contributed by atoms with Gasteiger partial charge in [0.15, 0.2) is 17.7 Å². The molecule has 7 heteroatoms. The lowest BCUT2D eigenvalue weighted by Crippen LogP contribution is -2.41. The molecule has 3 fully saturated rings. The van der Waals surface area contributed by atoms with Crippen LogP contribution in [0.3, 0.4) is 0 Å². The average Bonchev–Trinajstić information content (AvgIpc) is 3.28. The first-order chi connectivity index (χ1) is 13.2. The van der Waals surface area contributed by atoms with Crippen LogP contribution in [-0.4, -0.2) is 52.7 Å². The van der Waals surface area contributed by atoms with Gasteiger partial charge in [0.2, 0.25) is 0 Å². The first-order valence-electron chi connectivity index (χ1n) is 10.3. The van der Waals surface area contributed by atoms with Gasteiger partial charge in [0.25, 0.3) is 0 Å². The van der Waals surface area contributed by atoms with Gasteiger partial charge in [-0.3, -0.25) is 0 Å². The number of piperidine rings is 1. The molecule has 0 amide bonds. The van der Waals surface area contributed by atoms with Crippen molar-refractivity contribution in [2.75, 3.05) is 37.8 Å². The maximum absolute atomic E-state index is 5.97. The Morgan fingerprint density at radius 3 is 2.56 bits per heavy atom. The van der Waals surface area contributed by atoms with Crippen molar-refractivity contribution in [3.8, 4) is 0 Å². The highest BCUT2D eigenvalue weighted by Gasteiger charge is 2.38. The average molecular weight is 371 g/mol. The highest BCUT2D eigenvalue weighted by Crippen LogP contribution is 2.40. The maximum Gasteiger partial charge on any atom is 0.181 e. The Hall–Kier alpha value is -1.73. The van der Waals surface area contributed by atoms with Crippen LogP contribution in [0.1, 0.15) is 56.1 Å². The fourth-order valence-electron chi connectivity index (χ4n) is 4.81. The molecule has 3 saturated heterocycles. The monoisotopic (exact) mass is 371 g/mol. The quantitative estimate of drug-likeness (QED) is 0.808. The molecule has 3 aliphatic rings. The molecule has 7 nitrogen and oxygen atoms in total. The fraction of sp³-hybridized carbons (Fsp3) is 0.750. The standard InChI is InChI=1S/C20H29N5O2/c1-14-17-19(25(23-14)16-5-3-4-11-27-16)22-18(15(2)21-17)24-9-6-20(7-10-24)8-12-26-13-20/h16H,3-13H2,1-2H3. The number of hydrogen-bond donors (Lipinski definition) is 0. The number of aryl methyl sites for hydroxylation is 2. The van der Waals surface area contributed by atoms with Crippen LogP contribution in [0.4, 0.5) is 5.82 Å². The lowest BCUT2D eigenvalue weighted by Gasteiger charge is -2.39. The summed E-state index contributed by atoms with van der Waals surface area (Å²) in [5.41, 5.74) is 4.10. The molecule has 1 atom stereocenters. The van der Waals surface area contributed by atoms with Gasteiger partial charge < -0.3 is 14.4 Å². The van der Waals surface area contributed by atoms with E-state index in [9.17, 15) is 0 Å². The van der Waals surface area contributed by atoms with Gasteiger partial charge in [0, 0.05) is 26.3 Å². The van der Waals surface area contributed by atoms with E-state index < -0.39 is 0 Å². The minimum Gasteiger partial charge on any atom is -0.381 e. The smallest absolute Gasteiger partial charge is 0.181 e. The molecule has 3 aliphatic heterocycles. The molecular weight excluding hydrogens is 342 g/mol.